The quantitative estimate of drug-likeness (QED) is 0.442. The van der Waals surface area contributed by atoms with Crippen LogP contribution in [0.1, 0.15) is 25.1 Å². The second-order valence-corrected chi connectivity index (χ2v) is 8.11. The summed E-state index contributed by atoms with van der Waals surface area (Å²) in [6.07, 6.45) is 1.83. The Labute approximate surface area is 178 Å². The van der Waals surface area contributed by atoms with E-state index < -0.39 is 23.8 Å². The van der Waals surface area contributed by atoms with Crippen LogP contribution in [0, 0.1) is 12.8 Å². The summed E-state index contributed by atoms with van der Waals surface area (Å²) >= 11 is 0. The van der Waals surface area contributed by atoms with Crippen molar-refractivity contribution < 1.29 is 9.53 Å². The molecule has 9 heteroatoms. The van der Waals surface area contributed by atoms with Crippen LogP contribution in [0.4, 0.5) is 0 Å². The molecule has 0 N–H and O–H groups in total. The SMILES string of the molecule is Cc1cn2c3c(=O)n(CC(=O)OCc4ccccc4)c(=O)n(C)c3nc2n1CC(C)C. The average Bonchev–Trinajstić information content (AvgIpc) is 3.24. The Kier molecular flexibility index (Phi) is 5.26. The first-order chi connectivity index (χ1) is 14.8. The van der Waals surface area contributed by atoms with Crippen LogP contribution in [0.3, 0.4) is 0 Å². The summed E-state index contributed by atoms with van der Waals surface area (Å²) < 4.78 is 11.2. The molecule has 0 atom stereocenters. The fourth-order valence-corrected chi connectivity index (χ4v) is 3.70. The van der Waals surface area contributed by atoms with Gasteiger partial charge in [0, 0.05) is 25.5 Å². The van der Waals surface area contributed by atoms with Gasteiger partial charge in [-0.05, 0) is 18.4 Å². The van der Waals surface area contributed by atoms with Crippen molar-refractivity contribution in [1.29, 1.82) is 0 Å². The van der Waals surface area contributed by atoms with Crippen LogP contribution in [0.2, 0.25) is 0 Å². The normalized spacial score (nSPS) is 11.6. The van der Waals surface area contributed by atoms with Gasteiger partial charge in [-0.1, -0.05) is 44.2 Å². The number of aryl methyl sites for hydroxylation is 2. The Morgan fingerprint density at radius 3 is 2.52 bits per heavy atom. The number of ether oxygens (including phenoxy) is 1. The molecule has 0 aliphatic heterocycles. The van der Waals surface area contributed by atoms with Gasteiger partial charge in [0.15, 0.2) is 11.2 Å². The number of fused-ring (bicyclic) bond motifs is 3. The van der Waals surface area contributed by atoms with Crippen molar-refractivity contribution in [3.8, 4) is 0 Å². The summed E-state index contributed by atoms with van der Waals surface area (Å²) in [4.78, 5) is 42.9. The minimum Gasteiger partial charge on any atom is -0.459 e. The van der Waals surface area contributed by atoms with Gasteiger partial charge in [0.1, 0.15) is 13.2 Å². The highest BCUT2D eigenvalue weighted by Gasteiger charge is 2.21. The third-order valence-electron chi connectivity index (χ3n) is 5.22. The molecule has 0 aliphatic carbocycles. The van der Waals surface area contributed by atoms with Crippen molar-refractivity contribution in [1.82, 2.24) is 23.1 Å². The number of hydrogen-bond acceptors (Lipinski definition) is 5. The van der Waals surface area contributed by atoms with Crippen LogP contribution in [-0.4, -0.2) is 29.1 Å². The van der Waals surface area contributed by atoms with Gasteiger partial charge in [-0.3, -0.25) is 18.6 Å². The first kappa shape index (κ1) is 20.6. The second-order valence-electron chi connectivity index (χ2n) is 8.11. The number of rotatable bonds is 6. The molecule has 0 radical (unpaired) electrons. The average molecular weight is 423 g/mol. The molecule has 3 heterocycles. The van der Waals surface area contributed by atoms with Crippen molar-refractivity contribution in [3.05, 3.63) is 68.6 Å². The number of imidazole rings is 2. The fourth-order valence-electron chi connectivity index (χ4n) is 3.70. The number of aromatic nitrogens is 5. The molecule has 9 nitrogen and oxygen atoms in total. The molecule has 162 valence electrons. The molecule has 0 bridgehead atoms. The highest BCUT2D eigenvalue weighted by molar-refractivity contribution is 5.76. The maximum atomic E-state index is 13.2. The molecule has 0 spiro atoms. The van der Waals surface area contributed by atoms with Crippen LogP contribution in [0.5, 0.6) is 0 Å². The van der Waals surface area contributed by atoms with Crippen LogP contribution in [-0.2, 0) is 36.3 Å². The third kappa shape index (κ3) is 3.67. The van der Waals surface area contributed by atoms with E-state index in [-0.39, 0.29) is 17.8 Å². The van der Waals surface area contributed by atoms with Gasteiger partial charge in [-0.25, -0.2) is 9.36 Å². The minimum absolute atomic E-state index is 0.0746. The minimum atomic E-state index is -0.656. The standard InChI is InChI=1S/C22H25N5O4/c1-14(2)10-25-15(3)11-26-18-19(23-21(25)26)24(4)22(30)27(20(18)29)12-17(28)31-13-16-8-6-5-7-9-16/h5-9,11,14H,10,12-13H2,1-4H3. The molecule has 0 fully saturated rings. The summed E-state index contributed by atoms with van der Waals surface area (Å²) in [6.45, 7) is 6.49. The Bertz CT molecular complexity index is 1390. The Morgan fingerprint density at radius 2 is 1.84 bits per heavy atom. The van der Waals surface area contributed by atoms with Crippen molar-refractivity contribution >= 4 is 22.9 Å². The van der Waals surface area contributed by atoms with E-state index in [0.29, 0.717) is 11.7 Å². The highest BCUT2D eigenvalue weighted by Crippen LogP contribution is 2.17. The van der Waals surface area contributed by atoms with Gasteiger partial charge in [-0.15, -0.1) is 0 Å². The van der Waals surface area contributed by atoms with Crippen molar-refractivity contribution in [3.63, 3.8) is 0 Å². The van der Waals surface area contributed by atoms with E-state index in [2.05, 4.69) is 18.8 Å². The van der Waals surface area contributed by atoms with Crippen molar-refractivity contribution in [2.24, 2.45) is 13.0 Å². The Hall–Kier alpha value is -3.62. The molecule has 0 aliphatic rings. The lowest BCUT2D eigenvalue weighted by molar-refractivity contribution is -0.145. The van der Waals surface area contributed by atoms with E-state index in [4.69, 9.17) is 4.74 Å². The summed E-state index contributed by atoms with van der Waals surface area (Å²) in [5.74, 6) is 0.323. The van der Waals surface area contributed by atoms with E-state index in [0.717, 1.165) is 22.4 Å². The smallest absolute Gasteiger partial charge is 0.333 e. The van der Waals surface area contributed by atoms with Crippen LogP contribution in [0.15, 0.2) is 46.1 Å². The van der Waals surface area contributed by atoms with E-state index in [1.54, 1.807) is 11.4 Å². The number of benzene rings is 1. The molecule has 4 rings (SSSR count). The van der Waals surface area contributed by atoms with Gasteiger partial charge in [0.05, 0.1) is 0 Å². The zero-order valence-electron chi connectivity index (χ0n) is 18.0. The van der Waals surface area contributed by atoms with Crippen LogP contribution >= 0.6 is 0 Å². The molecule has 0 amide bonds. The molecule has 0 saturated heterocycles. The van der Waals surface area contributed by atoms with E-state index >= 15 is 0 Å². The Balaban J connectivity index is 1.74. The predicted octanol–water partition coefficient (Wildman–Crippen LogP) is 1.86. The van der Waals surface area contributed by atoms with E-state index in [1.165, 1.54) is 4.57 Å². The topological polar surface area (TPSA) is 92.5 Å². The van der Waals surface area contributed by atoms with Gasteiger partial charge in [0.2, 0.25) is 5.78 Å². The van der Waals surface area contributed by atoms with Gasteiger partial charge >= 0.3 is 11.7 Å². The molecule has 0 saturated carbocycles. The third-order valence-corrected chi connectivity index (χ3v) is 5.22. The first-order valence-electron chi connectivity index (χ1n) is 10.1. The van der Waals surface area contributed by atoms with E-state index in [1.807, 2.05) is 48.0 Å². The zero-order chi connectivity index (χ0) is 22.3. The lowest BCUT2D eigenvalue weighted by Crippen LogP contribution is -2.41. The molecule has 1 aromatic carbocycles. The number of esters is 1. The van der Waals surface area contributed by atoms with Gasteiger partial charge < -0.3 is 9.30 Å². The first-order valence-corrected chi connectivity index (χ1v) is 10.1. The lowest BCUT2D eigenvalue weighted by atomic mass is 10.2. The van der Waals surface area contributed by atoms with Gasteiger partial charge in [-0.2, -0.15) is 4.98 Å². The number of carbonyl (C=O) groups excluding carboxylic acids is 1. The fraction of sp³-hybridized carbons (Fsp3) is 0.364. The lowest BCUT2D eigenvalue weighted by Gasteiger charge is -2.09. The van der Waals surface area contributed by atoms with Crippen molar-refractivity contribution in [2.75, 3.05) is 0 Å². The largest absolute Gasteiger partial charge is 0.459 e. The number of hydrogen-bond donors (Lipinski definition) is 0. The molecule has 4 aromatic rings. The predicted molar refractivity (Wildman–Crippen MR) is 116 cm³/mol. The summed E-state index contributed by atoms with van der Waals surface area (Å²) in [5.41, 5.74) is 1.16. The molecule has 3 aromatic heterocycles. The molecule has 31 heavy (non-hydrogen) atoms. The maximum absolute atomic E-state index is 13.2. The number of carbonyl (C=O) groups is 1. The molecular formula is C22H25N5O4. The Morgan fingerprint density at radius 1 is 1.13 bits per heavy atom. The van der Waals surface area contributed by atoms with Crippen LogP contribution in [0.25, 0.3) is 16.9 Å². The number of nitrogens with zero attached hydrogens (tertiary/aromatic N) is 5. The highest BCUT2D eigenvalue weighted by atomic mass is 16.5. The monoisotopic (exact) mass is 423 g/mol. The van der Waals surface area contributed by atoms with E-state index in [9.17, 15) is 14.4 Å². The zero-order valence-corrected chi connectivity index (χ0v) is 18.0. The van der Waals surface area contributed by atoms with Crippen molar-refractivity contribution in [2.45, 2.75) is 40.5 Å². The summed E-state index contributed by atoms with van der Waals surface area (Å²) in [6, 6.07) is 9.22. The van der Waals surface area contributed by atoms with Crippen LogP contribution < -0.4 is 11.2 Å². The maximum Gasteiger partial charge on any atom is 0.333 e. The molecular weight excluding hydrogens is 398 g/mol. The second kappa shape index (κ2) is 7.90. The summed E-state index contributed by atoms with van der Waals surface area (Å²) in [7, 11) is 1.54. The summed E-state index contributed by atoms with van der Waals surface area (Å²) in [5, 5.41) is 0. The molecule has 0 unspecified atom stereocenters. The van der Waals surface area contributed by atoms with Gasteiger partial charge in [0.25, 0.3) is 5.56 Å².